The fourth-order valence-electron chi connectivity index (χ4n) is 1.48. The van der Waals surface area contributed by atoms with Crippen molar-refractivity contribution in [2.75, 3.05) is 13.7 Å². The molecule has 0 aromatic heterocycles. The molecule has 0 aliphatic rings. The van der Waals surface area contributed by atoms with Gasteiger partial charge in [0.1, 0.15) is 11.6 Å². The summed E-state index contributed by atoms with van der Waals surface area (Å²) in [6.07, 6.45) is -3.04. The number of methoxy groups -OCH3 is 1. The maximum Gasteiger partial charge on any atom is 0.379 e. The first-order chi connectivity index (χ1) is 8.92. The average Bonchev–Trinajstić information content (AvgIpc) is 2.36. The molecule has 104 valence electrons. The number of rotatable bonds is 5. The third-order valence-electron chi connectivity index (χ3n) is 2.23. The number of carbonyl (C=O) groups is 2. The van der Waals surface area contributed by atoms with Crippen molar-refractivity contribution in [2.24, 2.45) is 0 Å². The van der Waals surface area contributed by atoms with Gasteiger partial charge in [-0.2, -0.15) is 0 Å². The number of alkyl halides is 2. The molecule has 7 heteroatoms. The van der Waals surface area contributed by atoms with E-state index in [2.05, 4.69) is 9.47 Å². The van der Waals surface area contributed by atoms with Gasteiger partial charge in [-0.15, -0.1) is 0 Å². The largest absolute Gasteiger partial charge is 0.495 e. The van der Waals surface area contributed by atoms with E-state index in [0.717, 1.165) is 7.11 Å². The van der Waals surface area contributed by atoms with Crippen LogP contribution in [0.2, 0.25) is 0 Å². The third-order valence-corrected chi connectivity index (χ3v) is 2.23. The Morgan fingerprint density at radius 3 is 2.42 bits per heavy atom. The number of halogens is 3. The number of ether oxygens (including phenoxy) is 2. The smallest absolute Gasteiger partial charge is 0.379 e. The van der Waals surface area contributed by atoms with Gasteiger partial charge in [-0.05, 0) is 19.1 Å². The average molecular weight is 276 g/mol. The van der Waals surface area contributed by atoms with E-state index in [1.165, 1.54) is 6.92 Å². The maximum atomic E-state index is 13.2. The predicted octanol–water partition coefficient (Wildman–Crippen LogP) is 2.52. The Bertz CT molecular complexity index is 500. The van der Waals surface area contributed by atoms with Crippen molar-refractivity contribution in [1.29, 1.82) is 0 Å². The monoisotopic (exact) mass is 276 g/mol. The Labute approximate surface area is 107 Å². The summed E-state index contributed by atoms with van der Waals surface area (Å²) in [5.74, 6) is -4.09. The minimum Gasteiger partial charge on any atom is -0.495 e. The molecule has 0 spiro atoms. The highest BCUT2D eigenvalue weighted by Crippen LogP contribution is 2.33. The van der Waals surface area contributed by atoms with Crippen LogP contribution in [0, 0.1) is 5.82 Å². The Morgan fingerprint density at radius 1 is 1.32 bits per heavy atom. The van der Waals surface area contributed by atoms with E-state index < -0.39 is 40.9 Å². The summed E-state index contributed by atoms with van der Waals surface area (Å²) >= 11 is 0. The fraction of sp³-hybridized carbons (Fsp3) is 0.333. The number of hydrogen-bond donors (Lipinski definition) is 0. The lowest BCUT2D eigenvalue weighted by atomic mass is 10.0. The van der Waals surface area contributed by atoms with Crippen LogP contribution < -0.4 is 4.74 Å². The molecule has 0 atom stereocenters. The van der Waals surface area contributed by atoms with Gasteiger partial charge in [0.15, 0.2) is 0 Å². The second kappa shape index (κ2) is 6.21. The molecule has 1 aromatic rings. The van der Waals surface area contributed by atoms with Crippen molar-refractivity contribution in [3.05, 3.63) is 29.1 Å². The molecule has 0 unspecified atom stereocenters. The number of benzene rings is 1. The number of ketones is 1. The lowest BCUT2D eigenvalue weighted by Gasteiger charge is -2.12. The summed E-state index contributed by atoms with van der Waals surface area (Å²) in [7, 11) is 1.04. The maximum absolute atomic E-state index is 13.2. The molecule has 0 bridgehead atoms. The molecule has 0 radical (unpaired) electrons. The van der Waals surface area contributed by atoms with Crippen LogP contribution in [0.1, 0.15) is 29.3 Å². The number of carbonyl (C=O) groups excluding carboxylic acids is 2. The van der Waals surface area contributed by atoms with Crippen LogP contribution in [0.3, 0.4) is 0 Å². The molecule has 0 saturated heterocycles. The van der Waals surface area contributed by atoms with Crippen LogP contribution in [0.15, 0.2) is 12.1 Å². The van der Waals surface area contributed by atoms with E-state index in [1.807, 2.05) is 0 Å². The van der Waals surface area contributed by atoms with Gasteiger partial charge in [-0.3, -0.25) is 4.79 Å². The molecular weight excluding hydrogens is 265 g/mol. The van der Waals surface area contributed by atoms with Gasteiger partial charge in [0.05, 0.1) is 24.8 Å². The Balaban J connectivity index is 3.34. The van der Waals surface area contributed by atoms with Crippen molar-refractivity contribution in [3.8, 4) is 5.75 Å². The minimum atomic E-state index is -3.04. The van der Waals surface area contributed by atoms with Crippen LogP contribution in [0.4, 0.5) is 13.2 Å². The third kappa shape index (κ3) is 3.24. The highest BCUT2D eigenvalue weighted by atomic mass is 19.3. The number of Topliss-reactive ketones (excluding diaryl/α,β-unsaturated/α-hetero) is 1. The topological polar surface area (TPSA) is 52.6 Å². The van der Waals surface area contributed by atoms with Gasteiger partial charge in [-0.1, -0.05) is 0 Å². The first-order valence-corrected chi connectivity index (χ1v) is 5.29. The van der Waals surface area contributed by atoms with Crippen LogP contribution in [0.25, 0.3) is 0 Å². The quantitative estimate of drug-likeness (QED) is 0.471. The Morgan fingerprint density at radius 2 is 1.95 bits per heavy atom. The van der Waals surface area contributed by atoms with Gasteiger partial charge in [0, 0.05) is 0 Å². The summed E-state index contributed by atoms with van der Waals surface area (Å²) in [6, 6.07) is 1.20. The molecule has 0 amide bonds. The molecule has 0 saturated carbocycles. The lowest BCUT2D eigenvalue weighted by Crippen LogP contribution is -2.19. The molecule has 0 aliphatic carbocycles. The molecule has 0 aliphatic heterocycles. The molecule has 0 N–H and O–H groups in total. The van der Waals surface area contributed by atoms with Gasteiger partial charge in [0.25, 0.3) is 12.2 Å². The van der Waals surface area contributed by atoms with Crippen LogP contribution in [-0.4, -0.2) is 25.5 Å². The predicted molar refractivity (Wildman–Crippen MR) is 58.9 cm³/mol. The van der Waals surface area contributed by atoms with Crippen LogP contribution >= 0.6 is 0 Å². The van der Waals surface area contributed by atoms with E-state index in [9.17, 15) is 22.8 Å². The highest BCUT2D eigenvalue weighted by molar-refractivity contribution is 6.41. The van der Waals surface area contributed by atoms with Crippen LogP contribution in [-0.2, 0) is 9.53 Å². The summed E-state index contributed by atoms with van der Waals surface area (Å²) in [5.41, 5.74) is -1.38. The summed E-state index contributed by atoms with van der Waals surface area (Å²) < 4.78 is 47.8. The summed E-state index contributed by atoms with van der Waals surface area (Å²) in [6.45, 7) is 1.41. The Hall–Kier alpha value is -2.05. The van der Waals surface area contributed by atoms with E-state index in [4.69, 9.17) is 0 Å². The van der Waals surface area contributed by atoms with Crippen molar-refractivity contribution in [3.63, 3.8) is 0 Å². The zero-order valence-corrected chi connectivity index (χ0v) is 10.2. The second-order valence-corrected chi connectivity index (χ2v) is 3.43. The fourth-order valence-corrected chi connectivity index (χ4v) is 1.48. The summed E-state index contributed by atoms with van der Waals surface area (Å²) in [5, 5.41) is 0. The van der Waals surface area contributed by atoms with Crippen molar-refractivity contribution in [2.45, 2.75) is 13.3 Å². The SMILES string of the molecule is CCOC(=O)C(=O)c1cc(F)cc(C(F)F)c1OC. The van der Waals surface area contributed by atoms with Gasteiger partial charge < -0.3 is 9.47 Å². The molecule has 0 fully saturated rings. The molecule has 4 nitrogen and oxygen atoms in total. The van der Waals surface area contributed by atoms with E-state index >= 15 is 0 Å². The van der Waals surface area contributed by atoms with Crippen molar-refractivity contribution in [1.82, 2.24) is 0 Å². The highest BCUT2D eigenvalue weighted by Gasteiger charge is 2.27. The molecule has 19 heavy (non-hydrogen) atoms. The zero-order chi connectivity index (χ0) is 14.6. The lowest BCUT2D eigenvalue weighted by molar-refractivity contribution is -0.137. The molecule has 0 heterocycles. The van der Waals surface area contributed by atoms with E-state index in [1.54, 1.807) is 0 Å². The second-order valence-electron chi connectivity index (χ2n) is 3.43. The first kappa shape index (κ1) is 15.0. The minimum absolute atomic E-state index is 0.0656. The molecular formula is C12H11F3O4. The first-order valence-electron chi connectivity index (χ1n) is 5.29. The number of hydrogen-bond acceptors (Lipinski definition) is 4. The molecule has 1 aromatic carbocycles. The number of esters is 1. The van der Waals surface area contributed by atoms with Crippen LogP contribution in [0.5, 0.6) is 5.75 Å². The van der Waals surface area contributed by atoms with E-state index in [0.29, 0.717) is 12.1 Å². The Kier molecular flexibility index (Phi) is 4.91. The van der Waals surface area contributed by atoms with E-state index in [-0.39, 0.29) is 6.61 Å². The molecule has 1 rings (SSSR count). The summed E-state index contributed by atoms with van der Waals surface area (Å²) in [4.78, 5) is 22.9. The van der Waals surface area contributed by atoms with Gasteiger partial charge in [0.2, 0.25) is 0 Å². The van der Waals surface area contributed by atoms with Gasteiger partial charge >= 0.3 is 5.97 Å². The van der Waals surface area contributed by atoms with Crippen molar-refractivity contribution < 1.29 is 32.2 Å². The standard InChI is InChI=1S/C12H11F3O4/c1-3-19-12(17)9(16)7-4-6(13)5-8(11(14)15)10(7)18-2/h4-5,11H,3H2,1-2H3. The van der Waals surface area contributed by atoms with Gasteiger partial charge in [-0.25, -0.2) is 18.0 Å². The normalized spacial score (nSPS) is 10.4. The van der Waals surface area contributed by atoms with Crippen molar-refractivity contribution >= 4 is 11.8 Å². The zero-order valence-electron chi connectivity index (χ0n) is 10.2.